The zero-order chi connectivity index (χ0) is 31.6. The molecule has 1 aliphatic carbocycles. The maximum Gasteiger partial charge on any atom is 0.416 e. The first-order chi connectivity index (χ1) is 20.9. The van der Waals surface area contributed by atoms with Crippen molar-refractivity contribution in [3.63, 3.8) is 0 Å². The molecule has 1 N–H and O–H groups in total. The lowest BCUT2D eigenvalue weighted by Gasteiger charge is -2.35. The summed E-state index contributed by atoms with van der Waals surface area (Å²) in [5.41, 5.74) is 0.610. The molecular weight excluding hydrogens is 590 g/mol. The number of rotatable bonds is 10. The first-order valence-corrected chi connectivity index (χ1v) is 16.2. The molecule has 0 amide bonds. The number of alkyl halides is 3. The number of piperidine rings is 1. The fraction of sp³-hybridized carbons (Fsp3) is 0.529. The van der Waals surface area contributed by atoms with Crippen LogP contribution in [0.5, 0.6) is 0 Å². The average molecular weight is 632 g/mol. The number of benzene rings is 2. The smallest absolute Gasteiger partial charge is 0.416 e. The van der Waals surface area contributed by atoms with Gasteiger partial charge in [0.05, 0.1) is 10.6 Å². The Hall–Kier alpha value is -2.82. The SMILES string of the molecule is CC(C)[C@H](C(=O)O)N(C)C1CC(CN2CCC(c3cnc(Cc4ccccc4C(F)(F)F)s3)CC2)C(c2cccc(F)c2)C1. The van der Waals surface area contributed by atoms with Gasteiger partial charge in [-0.1, -0.05) is 44.2 Å². The molecule has 1 aromatic heterocycles. The summed E-state index contributed by atoms with van der Waals surface area (Å²) in [6.07, 6.45) is 1.13. The van der Waals surface area contributed by atoms with E-state index in [1.807, 2.05) is 38.1 Å². The Morgan fingerprint density at radius 3 is 2.50 bits per heavy atom. The van der Waals surface area contributed by atoms with E-state index in [0.717, 1.165) is 61.8 Å². The summed E-state index contributed by atoms with van der Waals surface area (Å²) in [5.74, 6) is -0.373. The molecule has 0 spiro atoms. The summed E-state index contributed by atoms with van der Waals surface area (Å²) in [7, 11) is 1.91. The highest BCUT2D eigenvalue weighted by Gasteiger charge is 2.42. The van der Waals surface area contributed by atoms with E-state index in [1.165, 1.54) is 29.5 Å². The summed E-state index contributed by atoms with van der Waals surface area (Å²) in [6.45, 7) is 6.52. The minimum atomic E-state index is -4.39. The minimum absolute atomic E-state index is 0.0326. The first-order valence-electron chi connectivity index (χ1n) is 15.4. The van der Waals surface area contributed by atoms with Crippen LogP contribution in [0.15, 0.2) is 54.7 Å². The van der Waals surface area contributed by atoms with Crippen molar-refractivity contribution in [3.05, 3.63) is 87.1 Å². The van der Waals surface area contributed by atoms with Gasteiger partial charge in [0.2, 0.25) is 0 Å². The number of carboxylic acid groups (broad SMARTS) is 1. The summed E-state index contributed by atoms with van der Waals surface area (Å²) in [4.78, 5) is 22.2. The second-order valence-corrected chi connectivity index (χ2v) is 13.9. The van der Waals surface area contributed by atoms with Gasteiger partial charge >= 0.3 is 12.1 Å². The molecule has 238 valence electrons. The number of carbonyl (C=O) groups is 1. The lowest BCUT2D eigenvalue weighted by Crippen LogP contribution is -2.47. The van der Waals surface area contributed by atoms with Crippen LogP contribution in [0.2, 0.25) is 0 Å². The molecule has 2 fully saturated rings. The second kappa shape index (κ2) is 13.7. The maximum atomic E-state index is 14.2. The number of hydrogen-bond donors (Lipinski definition) is 1. The fourth-order valence-electron chi connectivity index (χ4n) is 7.37. The van der Waals surface area contributed by atoms with Crippen LogP contribution in [-0.2, 0) is 17.4 Å². The van der Waals surface area contributed by atoms with E-state index in [9.17, 15) is 27.5 Å². The Labute approximate surface area is 260 Å². The van der Waals surface area contributed by atoms with E-state index < -0.39 is 23.8 Å². The number of nitrogens with zero attached hydrogens (tertiary/aromatic N) is 3. The maximum absolute atomic E-state index is 14.2. The van der Waals surface area contributed by atoms with Crippen molar-refractivity contribution < 1.29 is 27.5 Å². The number of halogens is 4. The van der Waals surface area contributed by atoms with Gasteiger partial charge in [-0.25, -0.2) is 9.37 Å². The van der Waals surface area contributed by atoms with Crippen LogP contribution in [0.1, 0.15) is 77.9 Å². The standard InChI is InChI=1S/C34H41F4N3O2S/c1-21(2)32(33(42)43)40(3)27-16-25(28(18-27)23-8-6-9-26(35)15-23)20-41-13-11-22(12-14-41)30-19-39-31(44-30)17-24-7-4-5-10-29(24)34(36,37)38/h4-10,15,19,21-22,25,27-28,32H,11-14,16-18,20H2,1-3H3,(H,42,43)/t25?,27?,28?,32-/m1/s1. The molecule has 3 unspecified atom stereocenters. The molecule has 2 heterocycles. The second-order valence-electron chi connectivity index (χ2n) is 12.8. The van der Waals surface area contributed by atoms with E-state index in [4.69, 9.17) is 0 Å². The number of aromatic nitrogens is 1. The monoisotopic (exact) mass is 631 g/mol. The van der Waals surface area contributed by atoms with Crippen LogP contribution in [-0.4, -0.2) is 64.6 Å². The Morgan fingerprint density at radius 2 is 1.84 bits per heavy atom. The summed E-state index contributed by atoms with van der Waals surface area (Å²) < 4.78 is 54.6. The van der Waals surface area contributed by atoms with Gasteiger partial charge < -0.3 is 10.0 Å². The van der Waals surface area contributed by atoms with Crippen LogP contribution in [0.4, 0.5) is 17.6 Å². The molecule has 5 nitrogen and oxygen atoms in total. The van der Waals surface area contributed by atoms with Crippen molar-refractivity contribution in [2.24, 2.45) is 11.8 Å². The molecule has 1 aliphatic heterocycles. The molecule has 0 radical (unpaired) electrons. The molecule has 4 atom stereocenters. The molecule has 5 rings (SSSR count). The topological polar surface area (TPSA) is 56.7 Å². The largest absolute Gasteiger partial charge is 0.480 e. The van der Waals surface area contributed by atoms with Crippen molar-refractivity contribution in [2.45, 2.75) is 76.0 Å². The molecular formula is C34H41F4N3O2S. The highest BCUT2D eigenvalue weighted by Crippen LogP contribution is 2.44. The highest BCUT2D eigenvalue weighted by molar-refractivity contribution is 7.11. The van der Waals surface area contributed by atoms with E-state index in [2.05, 4.69) is 9.88 Å². The highest BCUT2D eigenvalue weighted by atomic mass is 32.1. The van der Waals surface area contributed by atoms with Gasteiger partial charge in [-0.2, -0.15) is 13.2 Å². The van der Waals surface area contributed by atoms with E-state index in [-0.39, 0.29) is 41.6 Å². The Balaban J connectivity index is 1.23. The van der Waals surface area contributed by atoms with Crippen LogP contribution >= 0.6 is 11.3 Å². The number of aliphatic carboxylic acids is 1. The zero-order valence-electron chi connectivity index (χ0n) is 25.4. The predicted octanol–water partition coefficient (Wildman–Crippen LogP) is 7.67. The molecule has 44 heavy (non-hydrogen) atoms. The summed E-state index contributed by atoms with van der Waals surface area (Å²) >= 11 is 1.51. The lowest BCUT2D eigenvalue weighted by atomic mass is 9.87. The first kappa shape index (κ1) is 32.6. The fourth-order valence-corrected chi connectivity index (χ4v) is 8.49. The zero-order valence-corrected chi connectivity index (χ0v) is 26.3. The molecule has 10 heteroatoms. The van der Waals surface area contributed by atoms with Crippen LogP contribution in [0.3, 0.4) is 0 Å². The number of thiazole rings is 1. The molecule has 2 aromatic carbocycles. The van der Waals surface area contributed by atoms with Crippen molar-refractivity contribution >= 4 is 17.3 Å². The number of carboxylic acids is 1. The van der Waals surface area contributed by atoms with Crippen LogP contribution in [0.25, 0.3) is 0 Å². The van der Waals surface area contributed by atoms with E-state index >= 15 is 0 Å². The van der Waals surface area contributed by atoms with Crippen molar-refractivity contribution in [1.29, 1.82) is 0 Å². The quantitative estimate of drug-likeness (QED) is 0.233. The predicted molar refractivity (Wildman–Crippen MR) is 164 cm³/mol. The third-order valence-corrected chi connectivity index (χ3v) is 10.7. The third-order valence-electron chi connectivity index (χ3n) is 9.56. The van der Waals surface area contributed by atoms with Crippen LogP contribution in [0, 0.1) is 17.7 Å². The van der Waals surface area contributed by atoms with Crippen molar-refractivity contribution in [1.82, 2.24) is 14.8 Å². The van der Waals surface area contributed by atoms with Gasteiger partial charge in [0.25, 0.3) is 0 Å². The number of likely N-dealkylation sites (N-methyl/N-ethyl adjacent to an activating group) is 1. The van der Waals surface area contributed by atoms with Gasteiger partial charge in [-0.05, 0) is 98.8 Å². The van der Waals surface area contributed by atoms with Crippen LogP contribution < -0.4 is 0 Å². The van der Waals surface area contributed by atoms with E-state index in [0.29, 0.717) is 10.9 Å². The van der Waals surface area contributed by atoms with E-state index in [1.54, 1.807) is 18.2 Å². The van der Waals surface area contributed by atoms with Gasteiger partial charge in [0.15, 0.2) is 0 Å². The molecule has 0 bridgehead atoms. The average Bonchev–Trinajstić information content (AvgIpc) is 3.60. The summed E-state index contributed by atoms with van der Waals surface area (Å²) in [6, 6.07) is 12.0. The number of hydrogen-bond acceptors (Lipinski definition) is 5. The summed E-state index contributed by atoms with van der Waals surface area (Å²) in [5, 5.41) is 10.6. The van der Waals surface area contributed by atoms with Gasteiger partial charge in [0.1, 0.15) is 11.9 Å². The Bertz CT molecular complexity index is 1420. The molecule has 3 aromatic rings. The van der Waals surface area contributed by atoms with Gasteiger partial charge in [-0.3, -0.25) is 9.69 Å². The Morgan fingerprint density at radius 1 is 1.11 bits per heavy atom. The third kappa shape index (κ3) is 7.51. The van der Waals surface area contributed by atoms with Gasteiger partial charge in [0, 0.05) is 30.1 Å². The molecule has 1 saturated heterocycles. The normalized spacial score (nSPS) is 22.6. The van der Waals surface area contributed by atoms with Crippen molar-refractivity contribution in [2.75, 3.05) is 26.7 Å². The molecule has 1 saturated carbocycles. The van der Waals surface area contributed by atoms with Gasteiger partial charge in [-0.15, -0.1) is 11.3 Å². The lowest BCUT2D eigenvalue weighted by molar-refractivity contribution is -0.145. The van der Waals surface area contributed by atoms with Crippen molar-refractivity contribution in [3.8, 4) is 0 Å². The minimum Gasteiger partial charge on any atom is -0.480 e. The molecule has 2 aliphatic rings. The number of likely N-dealkylation sites (tertiary alicyclic amines) is 1. The Kier molecular flexibility index (Phi) is 10.1.